The molecule has 0 aliphatic heterocycles. The molecule has 0 saturated carbocycles. The topological polar surface area (TPSA) is 80.3 Å². The summed E-state index contributed by atoms with van der Waals surface area (Å²) in [5, 5.41) is 20.7. The van der Waals surface area contributed by atoms with Crippen LogP contribution >= 0.6 is 0 Å². The third kappa shape index (κ3) is 11.1. The van der Waals surface area contributed by atoms with Gasteiger partial charge in [0.2, 0.25) is 0 Å². The van der Waals surface area contributed by atoms with Crippen molar-refractivity contribution in [1.29, 1.82) is 0 Å². The molecule has 0 fully saturated rings. The fraction of sp³-hybridized carbons (Fsp3) is 0.778. The summed E-state index contributed by atoms with van der Waals surface area (Å²) in [7, 11) is 0. The van der Waals surface area contributed by atoms with Crippen LogP contribution in [-0.4, -0.2) is 11.9 Å². The molecule has 0 aromatic carbocycles. The van der Waals surface area contributed by atoms with Crippen molar-refractivity contribution >= 4 is 11.9 Å². The van der Waals surface area contributed by atoms with E-state index in [1.165, 1.54) is 0 Å². The molecule has 4 nitrogen and oxygen atoms in total. The number of hydrogen-bond acceptors (Lipinski definition) is 4. The van der Waals surface area contributed by atoms with Gasteiger partial charge >= 0.3 is 103 Å². The SMILES string of the molecule is CCCC(C)CC(C(=O)[O-])C(=O)[O-].[K+].[K+]. The number of rotatable bonds is 6. The van der Waals surface area contributed by atoms with E-state index in [1.54, 1.807) is 0 Å². The summed E-state index contributed by atoms with van der Waals surface area (Å²) in [4.78, 5) is 20.7. The molecule has 76 valence electrons. The Balaban J connectivity index is -0.000000720. The van der Waals surface area contributed by atoms with Gasteiger partial charge in [-0.25, -0.2) is 0 Å². The van der Waals surface area contributed by atoms with Crippen molar-refractivity contribution in [2.75, 3.05) is 0 Å². The molecule has 0 saturated heterocycles. The molecule has 0 rings (SSSR count). The Hall–Kier alpha value is 2.21. The number of carbonyl (C=O) groups is 2. The van der Waals surface area contributed by atoms with Gasteiger partial charge in [0.15, 0.2) is 0 Å². The first-order valence-electron chi connectivity index (χ1n) is 4.40. The molecule has 0 aromatic rings. The second kappa shape index (κ2) is 12.7. The summed E-state index contributed by atoms with van der Waals surface area (Å²) in [5.74, 6) is -4.50. The van der Waals surface area contributed by atoms with Crippen LogP contribution in [0.15, 0.2) is 0 Å². The third-order valence-corrected chi connectivity index (χ3v) is 1.99. The molecule has 0 aromatic heterocycles. The maximum Gasteiger partial charge on any atom is 1.00 e. The molecule has 15 heavy (non-hydrogen) atoms. The smallest absolute Gasteiger partial charge is 0.549 e. The molecule has 1 unspecified atom stereocenters. The zero-order valence-electron chi connectivity index (χ0n) is 9.91. The maximum atomic E-state index is 10.3. The van der Waals surface area contributed by atoms with Crippen LogP contribution in [0.1, 0.15) is 33.1 Å². The van der Waals surface area contributed by atoms with Crippen molar-refractivity contribution in [1.82, 2.24) is 0 Å². The van der Waals surface area contributed by atoms with E-state index in [0.717, 1.165) is 12.8 Å². The number of hydrogen-bond donors (Lipinski definition) is 0. The third-order valence-electron chi connectivity index (χ3n) is 1.99. The quantitative estimate of drug-likeness (QED) is 0.353. The van der Waals surface area contributed by atoms with Gasteiger partial charge in [-0.15, -0.1) is 0 Å². The van der Waals surface area contributed by atoms with Gasteiger partial charge in [-0.2, -0.15) is 0 Å². The van der Waals surface area contributed by atoms with Crippen LogP contribution in [0.2, 0.25) is 0 Å². The molecule has 6 heteroatoms. The van der Waals surface area contributed by atoms with Gasteiger partial charge in [0.05, 0.1) is 11.9 Å². The molecule has 0 N–H and O–H groups in total. The molecule has 0 radical (unpaired) electrons. The van der Waals surface area contributed by atoms with E-state index in [1.807, 2.05) is 13.8 Å². The van der Waals surface area contributed by atoms with E-state index in [-0.39, 0.29) is 115 Å². The van der Waals surface area contributed by atoms with E-state index in [2.05, 4.69) is 0 Å². The number of carboxylic acids is 2. The first-order chi connectivity index (χ1) is 5.99. The summed E-state index contributed by atoms with van der Waals surface area (Å²) in [6.45, 7) is 3.78. The molecular formula is C9H14K2O4. The summed E-state index contributed by atoms with van der Waals surface area (Å²) >= 11 is 0. The summed E-state index contributed by atoms with van der Waals surface area (Å²) in [5.41, 5.74) is 0. The summed E-state index contributed by atoms with van der Waals surface area (Å²) < 4.78 is 0. The Morgan fingerprint density at radius 1 is 1.13 bits per heavy atom. The van der Waals surface area contributed by atoms with Crippen LogP contribution in [0.4, 0.5) is 0 Å². The Bertz CT molecular complexity index is 183. The average Bonchev–Trinajstić information content (AvgIpc) is 1.99. The number of aliphatic carboxylic acids is 2. The minimum atomic E-state index is -1.55. The van der Waals surface area contributed by atoms with Gasteiger partial charge in [-0.1, -0.05) is 26.7 Å². The normalized spacial score (nSPS) is 11.1. The zero-order chi connectivity index (χ0) is 10.4. The van der Waals surface area contributed by atoms with Gasteiger partial charge < -0.3 is 19.8 Å². The fourth-order valence-electron chi connectivity index (χ4n) is 1.30. The van der Waals surface area contributed by atoms with Crippen LogP contribution in [0.25, 0.3) is 0 Å². The molecule has 0 aliphatic carbocycles. The van der Waals surface area contributed by atoms with Crippen molar-refractivity contribution in [2.24, 2.45) is 11.8 Å². The zero-order valence-corrected chi connectivity index (χ0v) is 16.2. The van der Waals surface area contributed by atoms with Crippen molar-refractivity contribution in [2.45, 2.75) is 33.1 Å². The van der Waals surface area contributed by atoms with Crippen molar-refractivity contribution in [3.63, 3.8) is 0 Å². The van der Waals surface area contributed by atoms with Crippen LogP contribution < -0.4 is 113 Å². The predicted octanol–water partition coefficient (Wildman–Crippen LogP) is -7.06. The van der Waals surface area contributed by atoms with Crippen LogP contribution in [-0.2, 0) is 9.59 Å². The predicted molar refractivity (Wildman–Crippen MR) is 42.2 cm³/mol. The van der Waals surface area contributed by atoms with Gasteiger partial charge in [0.25, 0.3) is 0 Å². The van der Waals surface area contributed by atoms with Crippen molar-refractivity contribution < 1.29 is 123 Å². The van der Waals surface area contributed by atoms with Gasteiger partial charge in [0, 0.05) is 5.92 Å². The molecular weight excluding hydrogens is 250 g/mol. The molecule has 0 amide bonds. The molecule has 0 heterocycles. The van der Waals surface area contributed by atoms with E-state index in [0.29, 0.717) is 0 Å². The summed E-state index contributed by atoms with van der Waals surface area (Å²) in [6.07, 6.45) is 1.82. The second-order valence-corrected chi connectivity index (χ2v) is 3.32. The standard InChI is InChI=1S/C9H16O4.2K/c1-3-4-6(2)5-7(8(10)11)9(12)13;;/h6-7H,3-5H2,1-2H3,(H,10,11)(H,12,13);;/q;2*+1/p-2. The number of carboxylic acid groups (broad SMARTS) is 2. The van der Waals surface area contributed by atoms with E-state index in [4.69, 9.17) is 0 Å². The monoisotopic (exact) mass is 264 g/mol. The van der Waals surface area contributed by atoms with Gasteiger partial charge in [-0.05, 0) is 12.3 Å². The Kier molecular flexibility index (Phi) is 18.9. The van der Waals surface area contributed by atoms with Crippen molar-refractivity contribution in [3.05, 3.63) is 0 Å². The van der Waals surface area contributed by atoms with Gasteiger partial charge in [-0.3, -0.25) is 0 Å². The Labute approximate surface area is 175 Å². The molecule has 1 atom stereocenters. The fourth-order valence-corrected chi connectivity index (χ4v) is 1.30. The minimum absolute atomic E-state index is 0. The summed E-state index contributed by atoms with van der Waals surface area (Å²) in [6, 6.07) is 0. The first-order valence-corrected chi connectivity index (χ1v) is 4.40. The van der Waals surface area contributed by atoms with Crippen LogP contribution in [0.5, 0.6) is 0 Å². The second-order valence-electron chi connectivity index (χ2n) is 3.32. The Morgan fingerprint density at radius 2 is 1.53 bits per heavy atom. The maximum absolute atomic E-state index is 10.3. The first kappa shape index (κ1) is 22.4. The van der Waals surface area contributed by atoms with Gasteiger partial charge in [0.1, 0.15) is 0 Å². The average molecular weight is 264 g/mol. The molecule has 0 bridgehead atoms. The van der Waals surface area contributed by atoms with Crippen LogP contribution in [0, 0.1) is 11.8 Å². The van der Waals surface area contributed by atoms with Crippen molar-refractivity contribution in [3.8, 4) is 0 Å². The van der Waals surface area contributed by atoms with E-state index >= 15 is 0 Å². The Morgan fingerprint density at radius 3 is 1.80 bits per heavy atom. The molecule has 0 aliphatic rings. The number of carbonyl (C=O) groups excluding carboxylic acids is 2. The largest absolute Gasteiger partial charge is 1.00 e. The molecule has 0 spiro atoms. The van der Waals surface area contributed by atoms with E-state index < -0.39 is 17.9 Å². The minimum Gasteiger partial charge on any atom is -0.549 e. The van der Waals surface area contributed by atoms with E-state index in [9.17, 15) is 19.8 Å². The van der Waals surface area contributed by atoms with Crippen LogP contribution in [0.3, 0.4) is 0 Å².